The summed E-state index contributed by atoms with van der Waals surface area (Å²) in [6.45, 7) is 5.09. The fourth-order valence-corrected chi connectivity index (χ4v) is 2.34. The molecule has 1 aliphatic carbocycles. The fraction of sp³-hybridized carbons (Fsp3) is 0.647. The number of rotatable bonds is 10. The summed E-state index contributed by atoms with van der Waals surface area (Å²) >= 11 is 0. The van der Waals surface area contributed by atoms with Gasteiger partial charge in [-0.1, -0.05) is 37.3 Å². The first-order valence-electron chi connectivity index (χ1n) is 7.73. The SMILES string of the molecule is CCCOCCC(CNC1CC1)Cc1ccccc1. The summed E-state index contributed by atoms with van der Waals surface area (Å²) in [4.78, 5) is 0. The maximum absolute atomic E-state index is 5.65. The highest BCUT2D eigenvalue weighted by atomic mass is 16.5. The third kappa shape index (κ3) is 6.22. The summed E-state index contributed by atoms with van der Waals surface area (Å²) in [7, 11) is 0. The van der Waals surface area contributed by atoms with Crippen LogP contribution in [0, 0.1) is 5.92 Å². The molecule has 0 amide bonds. The van der Waals surface area contributed by atoms with E-state index in [0.29, 0.717) is 5.92 Å². The fourth-order valence-electron chi connectivity index (χ4n) is 2.34. The molecule has 2 heteroatoms. The third-order valence-electron chi connectivity index (χ3n) is 3.66. The Morgan fingerprint density at radius 3 is 2.68 bits per heavy atom. The Morgan fingerprint density at radius 2 is 2.00 bits per heavy atom. The molecule has 2 rings (SSSR count). The summed E-state index contributed by atoms with van der Waals surface area (Å²) in [5.74, 6) is 0.694. The smallest absolute Gasteiger partial charge is 0.0469 e. The second-order valence-corrected chi connectivity index (χ2v) is 5.64. The van der Waals surface area contributed by atoms with Crippen molar-refractivity contribution < 1.29 is 4.74 Å². The van der Waals surface area contributed by atoms with Crippen molar-refractivity contribution in [2.45, 2.75) is 45.1 Å². The molecule has 1 saturated carbocycles. The minimum absolute atomic E-state index is 0.694. The van der Waals surface area contributed by atoms with Gasteiger partial charge in [0.25, 0.3) is 0 Å². The highest BCUT2D eigenvalue weighted by Gasteiger charge is 2.21. The van der Waals surface area contributed by atoms with Crippen LogP contribution in [0.5, 0.6) is 0 Å². The zero-order valence-electron chi connectivity index (χ0n) is 12.1. The summed E-state index contributed by atoms with van der Waals surface area (Å²) < 4.78 is 5.65. The van der Waals surface area contributed by atoms with Crippen molar-refractivity contribution in [3.8, 4) is 0 Å². The molecule has 1 unspecified atom stereocenters. The molecule has 0 spiro atoms. The van der Waals surface area contributed by atoms with E-state index in [2.05, 4.69) is 42.6 Å². The molecule has 0 saturated heterocycles. The highest BCUT2D eigenvalue weighted by Crippen LogP contribution is 2.20. The third-order valence-corrected chi connectivity index (χ3v) is 3.66. The first-order chi connectivity index (χ1) is 9.38. The average molecular weight is 261 g/mol. The Balaban J connectivity index is 1.74. The van der Waals surface area contributed by atoms with Crippen molar-refractivity contribution in [1.29, 1.82) is 0 Å². The Bertz CT molecular complexity index is 334. The normalized spacial score (nSPS) is 16.5. The molecular weight excluding hydrogens is 234 g/mol. The molecule has 0 aliphatic heterocycles. The number of hydrogen-bond donors (Lipinski definition) is 1. The lowest BCUT2D eigenvalue weighted by molar-refractivity contribution is 0.120. The second-order valence-electron chi connectivity index (χ2n) is 5.64. The zero-order valence-corrected chi connectivity index (χ0v) is 12.1. The van der Waals surface area contributed by atoms with Crippen molar-refractivity contribution in [2.75, 3.05) is 19.8 Å². The van der Waals surface area contributed by atoms with Crippen LogP contribution in [0.3, 0.4) is 0 Å². The Kier molecular flexibility index (Phi) is 6.38. The van der Waals surface area contributed by atoms with E-state index in [1.807, 2.05) is 0 Å². The predicted octanol–water partition coefficient (Wildman–Crippen LogP) is 3.41. The van der Waals surface area contributed by atoms with E-state index < -0.39 is 0 Å². The van der Waals surface area contributed by atoms with Crippen LogP contribution in [0.15, 0.2) is 30.3 Å². The number of benzene rings is 1. The van der Waals surface area contributed by atoms with E-state index in [1.54, 1.807) is 0 Å². The van der Waals surface area contributed by atoms with Crippen molar-refractivity contribution in [1.82, 2.24) is 5.32 Å². The minimum Gasteiger partial charge on any atom is -0.381 e. The first kappa shape index (κ1) is 14.5. The van der Waals surface area contributed by atoms with Gasteiger partial charge < -0.3 is 10.1 Å². The number of hydrogen-bond acceptors (Lipinski definition) is 2. The molecule has 2 nitrogen and oxygen atoms in total. The van der Waals surface area contributed by atoms with Crippen LogP contribution in [-0.2, 0) is 11.2 Å². The van der Waals surface area contributed by atoms with Gasteiger partial charge in [-0.05, 0) is 50.1 Å². The lowest BCUT2D eigenvalue weighted by atomic mass is 9.96. The standard InChI is InChI=1S/C17H27NO/c1-2-11-19-12-10-16(14-18-17-8-9-17)13-15-6-4-3-5-7-15/h3-7,16-18H,2,8-14H2,1H3. The van der Waals surface area contributed by atoms with Gasteiger partial charge in [-0.25, -0.2) is 0 Å². The summed E-state index contributed by atoms with van der Waals surface area (Å²) in [6.07, 6.45) is 6.17. The lowest BCUT2D eigenvalue weighted by Gasteiger charge is -2.18. The number of ether oxygens (including phenoxy) is 1. The summed E-state index contributed by atoms with van der Waals surface area (Å²) in [6, 6.07) is 11.6. The predicted molar refractivity (Wildman–Crippen MR) is 80.4 cm³/mol. The molecule has 0 heterocycles. The summed E-state index contributed by atoms with van der Waals surface area (Å²) in [5.41, 5.74) is 1.44. The van der Waals surface area contributed by atoms with Crippen LogP contribution in [-0.4, -0.2) is 25.8 Å². The Morgan fingerprint density at radius 1 is 1.21 bits per heavy atom. The van der Waals surface area contributed by atoms with E-state index in [1.165, 1.54) is 18.4 Å². The quantitative estimate of drug-likeness (QED) is 0.652. The van der Waals surface area contributed by atoms with Crippen molar-refractivity contribution in [2.24, 2.45) is 5.92 Å². The molecule has 1 aliphatic rings. The van der Waals surface area contributed by atoms with E-state index in [-0.39, 0.29) is 0 Å². The Hall–Kier alpha value is -0.860. The topological polar surface area (TPSA) is 21.3 Å². The molecule has 1 aromatic rings. The lowest BCUT2D eigenvalue weighted by Crippen LogP contribution is -2.27. The second kappa shape index (κ2) is 8.34. The Labute approximate surface area is 117 Å². The van der Waals surface area contributed by atoms with E-state index >= 15 is 0 Å². The van der Waals surface area contributed by atoms with Gasteiger partial charge in [0, 0.05) is 19.3 Å². The zero-order chi connectivity index (χ0) is 13.3. The molecular formula is C17H27NO. The van der Waals surface area contributed by atoms with Gasteiger partial charge in [-0.2, -0.15) is 0 Å². The minimum atomic E-state index is 0.694. The number of nitrogens with one attached hydrogen (secondary N) is 1. The van der Waals surface area contributed by atoms with Crippen LogP contribution >= 0.6 is 0 Å². The molecule has 0 radical (unpaired) electrons. The molecule has 1 fully saturated rings. The van der Waals surface area contributed by atoms with Crippen LogP contribution in [0.2, 0.25) is 0 Å². The maximum Gasteiger partial charge on any atom is 0.0469 e. The van der Waals surface area contributed by atoms with Gasteiger partial charge >= 0.3 is 0 Å². The van der Waals surface area contributed by atoms with Crippen LogP contribution in [0.1, 0.15) is 38.2 Å². The highest BCUT2D eigenvalue weighted by molar-refractivity contribution is 5.15. The van der Waals surface area contributed by atoms with E-state index in [4.69, 9.17) is 4.74 Å². The van der Waals surface area contributed by atoms with Crippen molar-refractivity contribution in [3.63, 3.8) is 0 Å². The van der Waals surface area contributed by atoms with E-state index in [9.17, 15) is 0 Å². The largest absolute Gasteiger partial charge is 0.381 e. The molecule has 1 aromatic carbocycles. The van der Waals surface area contributed by atoms with E-state index in [0.717, 1.165) is 45.1 Å². The van der Waals surface area contributed by atoms with Crippen LogP contribution in [0.25, 0.3) is 0 Å². The van der Waals surface area contributed by atoms with Gasteiger partial charge in [-0.15, -0.1) is 0 Å². The van der Waals surface area contributed by atoms with Gasteiger partial charge in [0.2, 0.25) is 0 Å². The van der Waals surface area contributed by atoms with Crippen molar-refractivity contribution in [3.05, 3.63) is 35.9 Å². The summed E-state index contributed by atoms with van der Waals surface area (Å²) in [5, 5.41) is 3.66. The molecule has 1 atom stereocenters. The van der Waals surface area contributed by atoms with Crippen molar-refractivity contribution >= 4 is 0 Å². The van der Waals surface area contributed by atoms with Crippen LogP contribution < -0.4 is 5.32 Å². The first-order valence-corrected chi connectivity index (χ1v) is 7.73. The maximum atomic E-state index is 5.65. The molecule has 1 N–H and O–H groups in total. The molecule has 106 valence electrons. The monoisotopic (exact) mass is 261 g/mol. The van der Waals surface area contributed by atoms with Gasteiger partial charge in [0.15, 0.2) is 0 Å². The molecule has 0 bridgehead atoms. The molecule has 19 heavy (non-hydrogen) atoms. The van der Waals surface area contributed by atoms with Gasteiger partial charge in [0.05, 0.1) is 0 Å². The molecule has 0 aromatic heterocycles. The average Bonchev–Trinajstić information content (AvgIpc) is 3.26. The van der Waals surface area contributed by atoms with Gasteiger partial charge in [-0.3, -0.25) is 0 Å². The van der Waals surface area contributed by atoms with Gasteiger partial charge in [0.1, 0.15) is 0 Å². The van der Waals surface area contributed by atoms with Crippen LogP contribution in [0.4, 0.5) is 0 Å².